The number of likely N-dealkylation sites (tertiary alicyclic amines) is 1. The number of aliphatic hydroxyl groups excluding tert-OH is 1. The maximum absolute atomic E-state index is 12.2. The Balaban J connectivity index is 2.05. The molecule has 1 unspecified atom stereocenters. The zero-order chi connectivity index (χ0) is 13.7. The van der Waals surface area contributed by atoms with E-state index in [2.05, 4.69) is 5.32 Å². The lowest BCUT2D eigenvalue weighted by molar-refractivity contribution is 0.199. The molecule has 0 radical (unpaired) electrons. The number of anilines is 1. The van der Waals surface area contributed by atoms with Gasteiger partial charge in [-0.1, -0.05) is 31.0 Å². The van der Waals surface area contributed by atoms with Gasteiger partial charge in [0.15, 0.2) is 0 Å². The second kappa shape index (κ2) is 6.57. The lowest BCUT2D eigenvalue weighted by Gasteiger charge is -2.22. The van der Waals surface area contributed by atoms with Gasteiger partial charge in [-0.05, 0) is 25.8 Å². The summed E-state index contributed by atoms with van der Waals surface area (Å²) in [7, 11) is 0. The molecule has 1 fully saturated rings. The van der Waals surface area contributed by atoms with E-state index in [1.54, 1.807) is 6.92 Å². The van der Waals surface area contributed by atoms with Gasteiger partial charge >= 0.3 is 6.03 Å². The molecule has 1 heterocycles. The lowest BCUT2D eigenvalue weighted by Crippen LogP contribution is -2.35. The van der Waals surface area contributed by atoms with Gasteiger partial charge in [0.1, 0.15) is 0 Å². The van der Waals surface area contributed by atoms with Gasteiger partial charge in [-0.25, -0.2) is 4.79 Å². The number of hydrogen-bond acceptors (Lipinski definition) is 2. The smallest absolute Gasteiger partial charge is 0.321 e. The van der Waals surface area contributed by atoms with Crippen LogP contribution >= 0.6 is 0 Å². The molecule has 2 N–H and O–H groups in total. The number of amides is 2. The van der Waals surface area contributed by atoms with Crippen LogP contribution in [0.4, 0.5) is 10.5 Å². The second-order valence-electron chi connectivity index (χ2n) is 5.09. The van der Waals surface area contributed by atoms with Crippen molar-refractivity contribution in [2.24, 2.45) is 0 Å². The number of carbonyl (C=O) groups is 1. The highest BCUT2D eigenvalue weighted by atomic mass is 16.3. The minimum atomic E-state index is -0.583. The highest BCUT2D eigenvalue weighted by molar-refractivity contribution is 5.90. The minimum Gasteiger partial charge on any atom is -0.389 e. The Morgan fingerprint density at radius 2 is 1.84 bits per heavy atom. The highest BCUT2D eigenvalue weighted by Crippen LogP contribution is 2.22. The molecule has 0 spiro atoms. The molecule has 0 aliphatic carbocycles. The van der Waals surface area contributed by atoms with Gasteiger partial charge < -0.3 is 15.3 Å². The monoisotopic (exact) mass is 262 g/mol. The van der Waals surface area contributed by atoms with Crippen LogP contribution in [0.2, 0.25) is 0 Å². The summed E-state index contributed by atoms with van der Waals surface area (Å²) in [5, 5.41) is 12.6. The molecule has 0 saturated carbocycles. The summed E-state index contributed by atoms with van der Waals surface area (Å²) in [5.41, 5.74) is 1.46. The molecule has 4 heteroatoms. The number of para-hydroxylation sites is 1. The molecule has 2 rings (SSSR count). The van der Waals surface area contributed by atoms with Crippen LogP contribution in [0.15, 0.2) is 24.3 Å². The molecular weight excluding hydrogens is 240 g/mol. The molecule has 1 aliphatic heterocycles. The van der Waals surface area contributed by atoms with Crippen molar-refractivity contribution in [3.05, 3.63) is 29.8 Å². The third kappa shape index (κ3) is 3.70. The standard InChI is InChI=1S/C15H22N2O2/c1-12(18)13-8-4-5-9-14(13)16-15(19)17-10-6-2-3-7-11-17/h4-5,8-9,12,18H,2-3,6-7,10-11H2,1H3,(H,16,19). The van der Waals surface area contributed by atoms with E-state index in [1.807, 2.05) is 29.2 Å². The third-order valence-electron chi connectivity index (χ3n) is 3.55. The van der Waals surface area contributed by atoms with Crippen LogP contribution in [0, 0.1) is 0 Å². The molecule has 1 atom stereocenters. The zero-order valence-electron chi connectivity index (χ0n) is 11.4. The van der Waals surface area contributed by atoms with Crippen molar-refractivity contribution < 1.29 is 9.90 Å². The fourth-order valence-corrected chi connectivity index (χ4v) is 2.44. The number of aliphatic hydroxyl groups is 1. The Bertz CT molecular complexity index is 424. The largest absolute Gasteiger partial charge is 0.389 e. The number of nitrogens with one attached hydrogen (secondary N) is 1. The second-order valence-corrected chi connectivity index (χ2v) is 5.09. The summed E-state index contributed by atoms with van der Waals surface area (Å²) in [6.07, 6.45) is 3.97. The van der Waals surface area contributed by atoms with E-state index in [0.29, 0.717) is 5.69 Å². The summed E-state index contributed by atoms with van der Waals surface area (Å²) >= 11 is 0. The average molecular weight is 262 g/mol. The number of benzene rings is 1. The Morgan fingerprint density at radius 3 is 2.47 bits per heavy atom. The maximum Gasteiger partial charge on any atom is 0.321 e. The molecule has 1 aromatic rings. The summed E-state index contributed by atoms with van der Waals surface area (Å²) in [6.45, 7) is 3.35. The van der Waals surface area contributed by atoms with Crippen molar-refractivity contribution >= 4 is 11.7 Å². The number of hydrogen-bond donors (Lipinski definition) is 2. The van der Waals surface area contributed by atoms with Gasteiger partial charge in [0.25, 0.3) is 0 Å². The van der Waals surface area contributed by atoms with Gasteiger partial charge in [0, 0.05) is 24.3 Å². The third-order valence-corrected chi connectivity index (χ3v) is 3.55. The molecule has 104 valence electrons. The van der Waals surface area contributed by atoms with Gasteiger partial charge in [-0.15, -0.1) is 0 Å². The molecule has 4 nitrogen and oxygen atoms in total. The summed E-state index contributed by atoms with van der Waals surface area (Å²) in [5.74, 6) is 0. The minimum absolute atomic E-state index is 0.0602. The van der Waals surface area contributed by atoms with E-state index in [9.17, 15) is 9.90 Å². The van der Waals surface area contributed by atoms with E-state index in [-0.39, 0.29) is 6.03 Å². The maximum atomic E-state index is 12.2. The van der Waals surface area contributed by atoms with E-state index < -0.39 is 6.10 Å². The van der Waals surface area contributed by atoms with Crippen molar-refractivity contribution in [1.29, 1.82) is 0 Å². The van der Waals surface area contributed by atoms with Gasteiger partial charge in [0.05, 0.1) is 6.10 Å². The van der Waals surface area contributed by atoms with Crippen molar-refractivity contribution in [2.75, 3.05) is 18.4 Å². The van der Waals surface area contributed by atoms with Crippen molar-refractivity contribution in [3.63, 3.8) is 0 Å². The SMILES string of the molecule is CC(O)c1ccccc1NC(=O)N1CCCCCC1. The van der Waals surface area contributed by atoms with Crippen LogP contribution in [0.25, 0.3) is 0 Å². The number of urea groups is 1. The van der Waals surface area contributed by atoms with Crippen LogP contribution in [0.3, 0.4) is 0 Å². The van der Waals surface area contributed by atoms with Crippen molar-refractivity contribution in [3.8, 4) is 0 Å². The number of carbonyl (C=O) groups excluding carboxylic acids is 1. The molecule has 0 bridgehead atoms. The summed E-state index contributed by atoms with van der Waals surface area (Å²) < 4.78 is 0. The topological polar surface area (TPSA) is 52.6 Å². The summed E-state index contributed by atoms with van der Waals surface area (Å²) in [4.78, 5) is 14.1. The van der Waals surface area contributed by atoms with Crippen molar-refractivity contribution in [2.45, 2.75) is 38.7 Å². The van der Waals surface area contributed by atoms with Gasteiger partial charge in [-0.3, -0.25) is 0 Å². The fourth-order valence-electron chi connectivity index (χ4n) is 2.44. The first kappa shape index (κ1) is 13.9. The predicted octanol–water partition coefficient (Wildman–Crippen LogP) is 3.15. The molecule has 1 saturated heterocycles. The summed E-state index contributed by atoms with van der Waals surface area (Å²) in [6, 6.07) is 7.34. The molecule has 1 aromatic carbocycles. The average Bonchev–Trinajstić information content (AvgIpc) is 2.68. The first-order chi connectivity index (χ1) is 9.18. The number of rotatable bonds is 2. The van der Waals surface area contributed by atoms with Crippen LogP contribution in [-0.2, 0) is 0 Å². The van der Waals surface area contributed by atoms with E-state index in [4.69, 9.17) is 0 Å². The van der Waals surface area contributed by atoms with E-state index in [0.717, 1.165) is 31.5 Å². The Morgan fingerprint density at radius 1 is 1.21 bits per heavy atom. The molecule has 19 heavy (non-hydrogen) atoms. The molecular formula is C15H22N2O2. The van der Waals surface area contributed by atoms with Crippen molar-refractivity contribution in [1.82, 2.24) is 4.90 Å². The molecule has 2 amide bonds. The first-order valence-corrected chi connectivity index (χ1v) is 7.01. The Labute approximate surface area is 114 Å². The van der Waals surface area contributed by atoms with Gasteiger partial charge in [-0.2, -0.15) is 0 Å². The van der Waals surface area contributed by atoms with Crippen LogP contribution in [0.5, 0.6) is 0 Å². The predicted molar refractivity (Wildman–Crippen MR) is 76.1 cm³/mol. The zero-order valence-corrected chi connectivity index (χ0v) is 11.4. The van der Waals surface area contributed by atoms with Crippen LogP contribution in [-0.4, -0.2) is 29.1 Å². The first-order valence-electron chi connectivity index (χ1n) is 7.01. The highest BCUT2D eigenvalue weighted by Gasteiger charge is 2.17. The molecule has 0 aromatic heterocycles. The van der Waals surface area contributed by atoms with Crippen LogP contribution < -0.4 is 5.32 Å². The molecule has 1 aliphatic rings. The Kier molecular flexibility index (Phi) is 4.80. The lowest BCUT2D eigenvalue weighted by atomic mass is 10.1. The van der Waals surface area contributed by atoms with Crippen LogP contribution in [0.1, 0.15) is 44.3 Å². The Hall–Kier alpha value is -1.55. The van der Waals surface area contributed by atoms with E-state index >= 15 is 0 Å². The number of nitrogens with zero attached hydrogens (tertiary/aromatic N) is 1. The van der Waals surface area contributed by atoms with E-state index in [1.165, 1.54) is 12.8 Å². The fraction of sp³-hybridized carbons (Fsp3) is 0.533. The quantitative estimate of drug-likeness (QED) is 0.860. The normalized spacial score (nSPS) is 17.7. The van der Waals surface area contributed by atoms with Gasteiger partial charge in [0.2, 0.25) is 0 Å².